The van der Waals surface area contributed by atoms with Gasteiger partial charge in [0.2, 0.25) is 0 Å². The van der Waals surface area contributed by atoms with Gasteiger partial charge >= 0.3 is 0 Å². The molecule has 0 saturated heterocycles. The summed E-state index contributed by atoms with van der Waals surface area (Å²) < 4.78 is 1.19. The Morgan fingerprint density at radius 3 is 2.15 bits per heavy atom. The minimum Gasteiger partial charge on any atom is -0.238 e. The number of hydrogen-bond acceptors (Lipinski definition) is 3. The highest BCUT2D eigenvalue weighted by Gasteiger charge is 1.94. The summed E-state index contributed by atoms with van der Waals surface area (Å²) in [5, 5.41) is 0. The molecule has 0 aliphatic rings. The highest BCUT2D eigenvalue weighted by molar-refractivity contribution is 8.00. The smallest absolute Gasteiger partial charge is 0.150 e. The van der Waals surface area contributed by atoms with Crippen molar-refractivity contribution >= 4 is 23.1 Å². The fourth-order valence-corrected chi connectivity index (χ4v) is 2.37. The van der Waals surface area contributed by atoms with Gasteiger partial charge in [-0.2, -0.15) is 0 Å². The molecule has 0 spiro atoms. The van der Waals surface area contributed by atoms with Crippen molar-refractivity contribution in [1.29, 1.82) is 0 Å². The fourth-order valence-electron chi connectivity index (χ4n) is 0.524. The normalized spacial score (nSPS) is 7.85. The van der Waals surface area contributed by atoms with Crippen LogP contribution in [0.3, 0.4) is 0 Å². The summed E-state index contributed by atoms with van der Waals surface area (Å²) in [4.78, 5) is 5.48. The van der Waals surface area contributed by atoms with Crippen LogP contribution in [0, 0.1) is 6.92 Å². The average Bonchev–Trinajstić information content (AvgIpc) is 2.59. The maximum absolute atomic E-state index is 4.19. The molecule has 0 atom stereocenters. The van der Waals surface area contributed by atoms with E-state index < -0.39 is 0 Å². The molecule has 0 radical (unpaired) electrons. The van der Waals surface area contributed by atoms with Crippen molar-refractivity contribution in [2.75, 3.05) is 5.75 Å². The van der Waals surface area contributed by atoms with E-state index in [0.717, 1.165) is 5.75 Å². The highest BCUT2D eigenvalue weighted by Crippen LogP contribution is 2.22. The molecule has 0 aliphatic heterocycles. The zero-order chi connectivity index (χ0) is 10.7. The van der Waals surface area contributed by atoms with Gasteiger partial charge in [-0.1, -0.05) is 46.4 Å². The third-order valence-electron chi connectivity index (χ3n) is 0.868. The first-order valence-electron chi connectivity index (χ1n) is 4.88. The van der Waals surface area contributed by atoms with E-state index in [2.05, 4.69) is 18.8 Å². The lowest BCUT2D eigenvalue weighted by Crippen LogP contribution is -1.65. The first-order chi connectivity index (χ1) is 6.33. The van der Waals surface area contributed by atoms with E-state index in [-0.39, 0.29) is 0 Å². The lowest BCUT2D eigenvalue weighted by atomic mass is 10.7. The SMILES string of the molecule is CC.CC.CCSc1ncc(C)s1. The molecule has 13 heavy (non-hydrogen) atoms. The van der Waals surface area contributed by atoms with Crippen LogP contribution >= 0.6 is 23.1 Å². The molecule has 0 aromatic carbocycles. The van der Waals surface area contributed by atoms with Crippen LogP contribution < -0.4 is 0 Å². The topological polar surface area (TPSA) is 12.9 Å². The molecule has 1 aromatic rings. The third-order valence-corrected chi connectivity index (χ3v) is 2.82. The van der Waals surface area contributed by atoms with E-state index in [1.165, 1.54) is 9.22 Å². The lowest BCUT2D eigenvalue weighted by molar-refractivity contribution is 1.24. The molecule has 0 aliphatic carbocycles. The van der Waals surface area contributed by atoms with Gasteiger partial charge in [-0.3, -0.25) is 0 Å². The van der Waals surface area contributed by atoms with Gasteiger partial charge in [0.15, 0.2) is 0 Å². The van der Waals surface area contributed by atoms with E-state index in [1.807, 2.05) is 33.9 Å². The van der Waals surface area contributed by atoms with E-state index in [4.69, 9.17) is 0 Å². The van der Waals surface area contributed by atoms with E-state index >= 15 is 0 Å². The van der Waals surface area contributed by atoms with Crippen LogP contribution in [-0.4, -0.2) is 10.7 Å². The first kappa shape index (κ1) is 15.5. The second kappa shape index (κ2) is 12.0. The number of thioether (sulfide) groups is 1. The maximum atomic E-state index is 4.19. The Morgan fingerprint density at radius 2 is 1.85 bits per heavy atom. The molecule has 1 rings (SSSR count). The standard InChI is InChI=1S/C6H9NS2.2C2H6/c1-3-8-6-7-4-5(2)9-6;2*1-2/h4H,3H2,1-2H3;2*1-2H3. The molecule has 78 valence electrons. The van der Waals surface area contributed by atoms with Gasteiger partial charge in [0.05, 0.1) is 0 Å². The van der Waals surface area contributed by atoms with Crippen molar-refractivity contribution < 1.29 is 0 Å². The minimum absolute atomic E-state index is 1.12. The van der Waals surface area contributed by atoms with Crippen LogP contribution in [0.5, 0.6) is 0 Å². The quantitative estimate of drug-likeness (QED) is 0.673. The van der Waals surface area contributed by atoms with Crippen molar-refractivity contribution in [1.82, 2.24) is 4.98 Å². The molecule has 0 amide bonds. The molecule has 0 saturated carbocycles. The summed E-state index contributed by atoms with van der Waals surface area (Å²) in [5.41, 5.74) is 0. The van der Waals surface area contributed by atoms with Gasteiger partial charge in [-0.15, -0.1) is 11.3 Å². The second-order valence-corrected chi connectivity index (χ2v) is 4.42. The van der Waals surface area contributed by atoms with Crippen molar-refractivity contribution in [2.45, 2.75) is 45.9 Å². The average molecular weight is 219 g/mol. The Bertz CT molecular complexity index is 185. The van der Waals surface area contributed by atoms with E-state index in [1.54, 1.807) is 23.1 Å². The second-order valence-electron chi connectivity index (χ2n) is 1.67. The number of thiazole rings is 1. The highest BCUT2D eigenvalue weighted by atomic mass is 32.2. The Morgan fingerprint density at radius 1 is 1.31 bits per heavy atom. The van der Waals surface area contributed by atoms with Crippen LogP contribution in [0.15, 0.2) is 10.5 Å². The molecule has 0 fully saturated rings. The minimum atomic E-state index is 1.12. The summed E-state index contributed by atoms with van der Waals surface area (Å²) >= 11 is 3.57. The summed E-state index contributed by atoms with van der Waals surface area (Å²) in [5.74, 6) is 1.12. The number of aromatic nitrogens is 1. The molecule has 1 aromatic heterocycles. The van der Waals surface area contributed by atoms with Crippen LogP contribution in [0.4, 0.5) is 0 Å². The van der Waals surface area contributed by atoms with Gasteiger partial charge in [-0.05, 0) is 12.7 Å². The predicted octanol–water partition coefficient (Wildman–Crippen LogP) is 4.62. The third kappa shape index (κ3) is 8.31. The number of aryl methyl sites for hydroxylation is 1. The van der Waals surface area contributed by atoms with Gasteiger partial charge in [-0.25, -0.2) is 4.98 Å². The van der Waals surface area contributed by atoms with E-state index in [9.17, 15) is 0 Å². The number of hydrogen-bond donors (Lipinski definition) is 0. The van der Waals surface area contributed by atoms with Crippen molar-refractivity contribution in [3.8, 4) is 0 Å². The Balaban J connectivity index is 0. The van der Waals surface area contributed by atoms with Gasteiger partial charge in [0.25, 0.3) is 0 Å². The molecule has 1 nitrogen and oxygen atoms in total. The van der Waals surface area contributed by atoms with E-state index in [0.29, 0.717) is 0 Å². The van der Waals surface area contributed by atoms with Gasteiger partial charge in [0, 0.05) is 11.1 Å². The molecule has 3 heteroatoms. The molecule has 0 unspecified atom stereocenters. The summed E-state index contributed by atoms with van der Waals surface area (Å²) in [7, 11) is 0. The Labute approximate surface area is 91.0 Å². The zero-order valence-electron chi connectivity index (χ0n) is 9.55. The lowest BCUT2D eigenvalue weighted by Gasteiger charge is -1.84. The van der Waals surface area contributed by atoms with Gasteiger partial charge in [0.1, 0.15) is 4.34 Å². The monoisotopic (exact) mass is 219 g/mol. The Hall–Kier alpha value is -0.0200. The number of rotatable bonds is 2. The molecule has 0 N–H and O–H groups in total. The molecule has 0 bridgehead atoms. The van der Waals surface area contributed by atoms with Crippen LogP contribution in [-0.2, 0) is 0 Å². The fraction of sp³-hybridized carbons (Fsp3) is 0.700. The largest absolute Gasteiger partial charge is 0.238 e. The Kier molecular flexibility index (Phi) is 14.2. The number of nitrogens with zero attached hydrogens (tertiary/aromatic N) is 1. The predicted molar refractivity (Wildman–Crippen MR) is 65.9 cm³/mol. The molecule has 1 heterocycles. The van der Waals surface area contributed by atoms with Crippen molar-refractivity contribution in [3.05, 3.63) is 11.1 Å². The summed E-state index contributed by atoms with van der Waals surface area (Å²) in [6.07, 6.45) is 1.92. The van der Waals surface area contributed by atoms with Gasteiger partial charge < -0.3 is 0 Å². The summed E-state index contributed by atoms with van der Waals surface area (Å²) in [6.45, 7) is 12.2. The first-order valence-corrected chi connectivity index (χ1v) is 6.68. The zero-order valence-corrected chi connectivity index (χ0v) is 11.2. The summed E-state index contributed by atoms with van der Waals surface area (Å²) in [6, 6.07) is 0. The van der Waals surface area contributed by atoms with Crippen molar-refractivity contribution in [2.24, 2.45) is 0 Å². The van der Waals surface area contributed by atoms with Crippen LogP contribution in [0.25, 0.3) is 0 Å². The molecular weight excluding hydrogens is 198 g/mol. The van der Waals surface area contributed by atoms with Crippen LogP contribution in [0.2, 0.25) is 0 Å². The van der Waals surface area contributed by atoms with Crippen molar-refractivity contribution in [3.63, 3.8) is 0 Å². The molecular formula is C10H21NS2. The van der Waals surface area contributed by atoms with Crippen LogP contribution in [0.1, 0.15) is 39.5 Å². The maximum Gasteiger partial charge on any atom is 0.150 e.